The second-order valence-corrected chi connectivity index (χ2v) is 6.06. The molecule has 0 unspecified atom stereocenters. The number of hydrogen-bond acceptors (Lipinski definition) is 7. The summed E-state index contributed by atoms with van der Waals surface area (Å²) in [6.45, 7) is 1.37. The number of rotatable bonds is 6. The van der Waals surface area contributed by atoms with Crippen LogP contribution in [0.1, 0.15) is 11.1 Å². The van der Waals surface area contributed by atoms with Crippen LogP contribution in [0.15, 0.2) is 48.7 Å². The smallest absolute Gasteiger partial charge is 0.244 e. The predicted molar refractivity (Wildman–Crippen MR) is 98.5 cm³/mol. The molecule has 1 aromatic heterocycles. The number of halogens is 1. The Balaban J connectivity index is 1.37. The Morgan fingerprint density at radius 2 is 1.88 bits per heavy atom. The fourth-order valence-electron chi connectivity index (χ4n) is 2.52. The summed E-state index contributed by atoms with van der Waals surface area (Å²) >= 11 is 6.15. The summed E-state index contributed by atoms with van der Waals surface area (Å²) in [6, 6.07) is 13.4. The zero-order chi connectivity index (χ0) is 17.8. The van der Waals surface area contributed by atoms with Gasteiger partial charge in [0, 0.05) is 18.1 Å². The Hall–Kier alpha value is -3.06. The molecule has 0 atom stereocenters. The van der Waals surface area contributed by atoms with Crippen LogP contribution in [0.25, 0.3) is 0 Å². The van der Waals surface area contributed by atoms with Crippen molar-refractivity contribution in [3.05, 3.63) is 64.8 Å². The molecule has 2 N–H and O–H groups in total. The molecule has 132 valence electrons. The van der Waals surface area contributed by atoms with Gasteiger partial charge in [0.2, 0.25) is 12.7 Å². The summed E-state index contributed by atoms with van der Waals surface area (Å²) in [4.78, 5) is 4.41. The summed E-state index contributed by atoms with van der Waals surface area (Å²) in [7, 11) is 0. The van der Waals surface area contributed by atoms with Gasteiger partial charge in [0.1, 0.15) is 0 Å². The van der Waals surface area contributed by atoms with Crippen molar-refractivity contribution in [1.82, 2.24) is 15.2 Å². The van der Waals surface area contributed by atoms with E-state index in [0.717, 1.165) is 22.6 Å². The normalized spacial score (nSPS) is 12.0. The second kappa shape index (κ2) is 7.45. The molecule has 1 aliphatic heterocycles. The number of aromatic nitrogens is 3. The van der Waals surface area contributed by atoms with E-state index < -0.39 is 0 Å². The number of ether oxygens (including phenoxy) is 2. The average molecular weight is 370 g/mol. The highest BCUT2D eigenvalue weighted by molar-refractivity contribution is 6.31. The molecule has 0 amide bonds. The monoisotopic (exact) mass is 369 g/mol. The van der Waals surface area contributed by atoms with Gasteiger partial charge in [-0.3, -0.25) is 0 Å². The van der Waals surface area contributed by atoms with E-state index in [1.807, 2.05) is 42.5 Å². The molecular weight excluding hydrogens is 354 g/mol. The second-order valence-electron chi connectivity index (χ2n) is 5.65. The lowest BCUT2D eigenvalue weighted by atomic mass is 10.2. The molecule has 1 aliphatic rings. The van der Waals surface area contributed by atoms with Crippen molar-refractivity contribution in [3.8, 4) is 11.5 Å². The standard InChI is InChI=1S/C18H16ClN5O2/c19-14-4-2-1-3-13(14)9-21-18-23-17(10-22-24-18)20-8-12-5-6-15-16(7-12)26-11-25-15/h1-7,10H,8-9,11H2,(H2,20,21,23,24). The summed E-state index contributed by atoms with van der Waals surface area (Å²) in [6.07, 6.45) is 1.58. The first-order valence-electron chi connectivity index (χ1n) is 8.07. The van der Waals surface area contributed by atoms with E-state index >= 15 is 0 Å². The van der Waals surface area contributed by atoms with Crippen LogP contribution in [-0.2, 0) is 13.1 Å². The minimum absolute atomic E-state index is 0.266. The third-order valence-corrected chi connectivity index (χ3v) is 4.23. The van der Waals surface area contributed by atoms with Crippen LogP contribution < -0.4 is 20.1 Å². The predicted octanol–water partition coefficient (Wildman–Crippen LogP) is 3.48. The summed E-state index contributed by atoms with van der Waals surface area (Å²) in [5, 5.41) is 15.0. The maximum Gasteiger partial charge on any atom is 0.244 e. The number of hydrogen-bond donors (Lipinski definition) is 2. The molecule has 0 radical (unpaired) electrons. The molecule has 7 nitrogen and oxygen atoms in total. The molecule has 4 rings (SSSR count). The first kappa shape index (κ1) is 16.4. The van der Waals surface area contributed by atoms with Crippen LogP contribution in [0, 0.1) is 0 Å². The van der Waals surface area contributed by atoms with Gasteiger partial charge in [-0.15, -0.1) is 5.10 Å². The van der Waals surface area contributed by atoms with Gasteiger partial charge >= 0.3 is 0 Å². The Bertz CT molecular complexity index is 922. The van der Waals surface area contributed by atoms with Crippen LogP contribution in [-0.4, -0.2) is 22.0 Å². The third-order valence-electron chi connectivity index (χ3n) is 3.86. The van der Waals surface area contributed by atoms with Gasteiger partial charge < -0.3 is 20.1 Å². The molecule has 0 saturated heterocycles. The fourth-order valence-corrected chi connectivity index (χ4v) is 2.73. The van der Waals surface area contributed by atoms with Gasteiger partial charge in [-0.25, -0.2) is 0 Å². The third kappa shape index (κ3) is 3.78. The van der Waals surface area contributed by atoms with E-state index in [1.165, 1.54) is 0 Å². The van der Waals surface area contributed by atoms with Crippen molar-refractivity contribution < 1.29 is 9.47 Å². The lowest BCUT2D eigenvalue weighted by Crippen LogP contribution is -2.08. The van der Waals surface area contributed by atoms with Crippen LogP contribution in [0.2, 0.25) is 5.02 Å². The van der Waals surface area contributed by atoms with Crippen molar-refractivity contribution in [2.45, 2.75) is 13.1 Å². The highest BCUT2D eigenvalue weighted by atomic mass is 35.5. The van der Waals surface area contributed by atoms with Gasteiger partial charge in [-0.05, 0) is 29.3 Å². The number of anilines is 2. The quantitative estimate of drug-likeness (QED) is 0.688. The number of fused-ring (bicyclic) bond motifs is 1. The molecule has 0 aliphatic carbocycles. The van der Waals surface area contributed by atoms with Gasteiger partial charge in [-0.2, -0.15) is 10.1 Å². The number of benzene rings is 2. The van der Waals surface area contributed by atoms with Gasteiger partial charge in [-0.1, -0.05) is 35.9 Å². The largest absolute Gasteiger partial charge is 0.454 e. The Labute approximate surface area is 155 Å². The lowest BCUT2D eigenvalue weighted by molar-refractivity contribution is 0.174. The Morgan fingerprint density at radius 1 is 1.00 bits per heavy atom. The lowest BCUT2D eigenvalue weighted by Gasteiger charge is -2.09. The van der Waals surface area contributed by atoms with E-state index in [4.69, 9.17) is 21.1 Å². The average Bonchev–Trinajstić information content (AvgIpc) is 3.14. The van der Waals surface area contributed by atoms with E-state index in [-0.39, 0.29) is 6.79 Å². The zero-order valence-corrected chi connectivity index (χ0v) is 14.5. The van der Waals surface area contributed by atoms with Crippen molar-refractivity contribution in [2.75, 3.05) is 17.4 Å². The fraction of sp³-hybridized carbons (Fsp3) is 0.167. The maximum absolute atomic E-state index is 6.15. The molecule has 26 heavy (non-hydrogen) atoms. The molecule has 8 heteroatoms. The van der Waals surface area contributed by atoms with E-state index in [9.17, 15) is 0 Å². The number of nitrogens with one attached hydrogen (secondary N) is 2. The van der Waals surface area contributed by atoms with Crippen molar-refractivity contribution in [3.63, 3.8) is 0 Å². The van der Waals surface area contributed by atoms with Crippen LogP contribution in [0.5, 0.6) is 11.5 Å². The summed E-state index contributed by atoms with van der Waals surface area (Å²) < 4.78 is 10.7. The van der Waals surface area contributed by atoms with E-state index in [0.29, 0.717) is 29.9 Å². The molecule has 0 saturated carbocycles. The van der Waals surface area contributed by atoms with Crippen LogP contribution in [0.3, 0.4) is 0 Å². The molecule has 2 heterocycles. The van der Waals surface area contributed by atoms with Gasteiger partial charge in [0.15, 0.2) is 17.3 Å². The van der Waals surface area contributed by atoms with Crippen molar-refractivity contribution in [1.29, 1.82) is 0 Å². The summed E-state index contributed by atoms with van der Waals surface area (Å²) in [5.41, 5.74) is 2.02. The highest BCUT2D eigenvalue weighted by Gasteiger charge is 2.13. The van der Waals surface area contributed by atoms with Gasteiger partial charge in [0.25, 0.3) is 0 Å². The molecule has 0 spiro atoms. The van der Waals surface area contributed by atoms with Crippen molar-refractivity contribution in [2.24, 2.45) is 0 Å². The number of nitrogens with zero attached hydrogens (tertiary/aromatic N) is 3. The minimum atomic E-state index is 0.266. The molecular formula is C18H16ClN5O2. The van der Waals surface area contributed by atoms with E-state index in [2.05, 4.69) is 25.8 Å². The Morgan fingerprint density at radius 3 is 2.81 bits per heavy atom. The SMILES string of the molecule is Clc1ccccc1CNc1nncc(NCc2ccc3c(c2)OCO3)n1. The molecule has 0 bridgehead atoms. The highest BCUT2D eigenvalue weighted by Crippen LogP contribution is 2.32. The zero-order valence-electron chi connectivity index (χ0n) is 13.8. The topological polar surface area (TPSA) is 81.2 Å². The molecule has 2 aromatic carbocycles. The first-order chi connectivity index (χ1) is 12.8. The molecule has 0 fully saturated rings. The van der Waals surface area contributed by atoms with Gasteiger partial charge in [0.05, 0.1) is 6.20 Å². The van der Waals surface area contributed by atoms with Crippen LogP contribution in [0.4, 0.5) is 11.8 Å². The molecule has 3 aromatic rings. The minimum Gasteiger partial charge on any atom is -0.454 e. The first-order valence-corrected chi connectivity index (χ1v) is 8.45. The van der Waals surface area contributed by atoms with Crippen LogP contribution >= 0.6 is 11.6 Å². The van der Waals surface area contributed by atoms with Crippen molar-refractivity contribution >= 4 is 23.4 Å². The van der Waals surface area contributed by atoms with E-state index in [1.54, 1.807) is 6.20 Å². The maximum atomic E-state index is 6.15. The summed E-state index contributed by atoms with van der Waals surface area (Å²) in [5.74, 6) is 2.58. The Kier molecular flexibility index (Phi) is 4.70.